The summed E-state index contributed by atoms with van der Waals surface area (Å²) in [5.74, 6) is 0.894. The molecule has 0 spiro atoms. The summed E-state index contributed by atoms with van der Waals surface area (Å²) < 4.78 is 7.41. The lowest BCUT2D eigenvalue weighted by molar-refractivity contribution is -0.121. The number of hydrogen-bond donors (Lipinski definition) is 2. The predicted molar refractivity (Wildman–Crippen MR) is 113 cm³/mol. The van der Waals surface area contributed by atoms with E-state index in [-0.39, 0.29) is 11.9 Å². The van der Waals surface area contributed by atoms with Crippen molar-refractivity contribution in [2.45, 2.75) is 18.9 Å². The molecule has 4 rings (SSSR count). The molecule has 0 radical (unpaired) electrons. The van der Waals surface area contributed by atoms with Gasteiger partial charge in [-0.2, -0.15) is 11.3 Å². The van der Waals surface area contributed by atoms with Gasteiger partial charge >= 0.3 is 0 Å². The molecule has 0 bridgehead atoms. The van der Waals surface area contributed by atoms with Crippen molar-refractivity contribution in [1.29, 1.82) is 0 Å². The molecule has 0 unspecified atom stereocenters. The van der Waals surface area contributed by atoms with Gasteiger partial charge in [-0.15, -0.1) is 0 Å². The normalized spacial score (nSPS) is 12.2. The number of carbonyl (C=O) groups is 1. The van der Waals surface area contributed by atoms with Gasteiger partial charge in [-0.3, -0.25) is 4.79 Å². The van der Waals surface area contributed by atoms with E-state index in [0.29, 0.717) is 13.0 Å². The molecule has 1 atom stereocenters. The highest BCUT2D eigenvalue weighted by Gasteiger charge is 2.17. The molecular formula is C22H23N3O2S. The number of aromatic nitrogens is 2. The van der Waals surface area contributed by atoms with E-state index < -0.39 is 0 Å². The van der Waals surface area contributed by atoms with Gasteiger partial charge in [0.25, 0.3) is 0 Å². The summed E-state index contributed by atoms with van der Waals surface area (Å²) in [6.45, 7) is 0.602. The average molecular weight is 394 g/mol. The number of nitrogens with one attached hydrogen (secondary N) is 2. The Balaban J connectivity index is 1.38. The monoisotopic (exact) mass is 393 g/mol. The van der Waals surface area contributed by atoms with Gasteiger partial charge in [0.2, 0.25) is 5.91 Å². The molecule has 0 saturated heterocycles. The fraction of sp³-hybridized carbons (Fsp3) is 0.227. The lowest BCUT2D eigenvalue weighted by atomic mass is 10.1. The largest absolute Gasteiger partial charge is 0.497 e. The molecule has 0 aliphatic heterocycles. The van der Waals surface area contributed by atoms with E-state index in [1.54, 1.807) is 18.4 Å². The van der Waals surface area contributed by atoms with Gasteiger partial charge in [0, 0.05) is 36.0 Å². The van der Waals surface area contributed by atoms with Crippen LogP contribution in [0.5, 0.6) is 5.75 Å². The maximum atomic E-state index is 12.6. The van der Waals surface area contributed by atoms with Crippen LogP contribution >= 0.6 is 11.3 Å². The first-order valence-electron chi connectivity index (χ1n) is 9.30. The quantitative estimate of drug-likeness (QED) is 0.467. The number of benzene rings is 1. The Morgan fingerprint density at radius 1 is 1.29 bits per heavy atom. The first-order valence-corrected chi connectivity index (χ1v) is 10.2. The number of fused-ring (bicyclic) bond motifs is 1. The second kappa shape index (κ2) is 8.35. The third-order valence-corrected chi connectivity index (χ3v) is 5.69. The lowest BCUT2D eigenvalue weighted by Crippen LogP contribution is -2.28. The van der Waals surface area contributed by atoms with Gasteiger partial charge in [0.15, 0.2) is 0 Å². The summed E-state index contributed by atoms with van der Waals surface area (Å²) >= 11 is 1.65. The fourth-order valence-electron chi connectivity index (χ4n) is 3.49. The molecule has 5 nitrogen and oxygen atoms in total. The van der Waals surface area contributed by atoms with Crippen LogP contribution in [0.1, 0.15) is 23.6 Å². The summed E-state index contributed by atoms with van der Waals surface area (Å²) in [7, 11) is 1.67. The highest BCUT2D eigenvalue weighted by molar-refractivity contribution is 7.08. The number of carbonyl (C=O) groups excluding carboxylic acids is 1. The van der Waals surface area contributed by atoms with Crippen LogP contribution in [0, 0.1) is 0 Å². The van der Waals surface area contributed by atoms with Crippen molar-refractivity contribution in [2.75, 3.05) is 13.7 Å². The minimum Gasteiger partial charge on any atom is -0.497 e. The molecule has 1 amide bonds. The summed E-state index contributed by atoms with van der Waals surface area (Å²) in [4.78, 5) is 15.9. The summed E-state index contributed by atoms with van der Waals surface area (Å²) in [5, 5.41) is 8.37. The first kappa shape index (κ1) is 18.4. The Labute approximate surface area is 168 Å². The van der Waals surface area contributed by atoms with Gasteiger partial charge in [0.1, 0.15) is 5.75 Å². The van der Waals surface area contributed by atoms with Crippen molar-refractivity contribution < 1.29 is 9.53 Å². The van der Waals surface area contributed by atoms with Gasteiger partial charge in [-0.25, -0.2) is 0 Å². The van der Waals surface area contributed by atoms with Crippen molar-refractivity contribution in [3.05, 3.63) is 76.9 Å². The highest BCUT2D eigenvalue weighted by atomic mass is 32.1. The molecule has 28 heavy (non-hydrogen) atoms. The average Bonchev–Trinajstić information content (AvgIpc) is 3.47. The number of H-pyrrole nitrogens is 1. The van der Waals surface area contributed by atoms with Crippen LogP contribution in [0.15, 0.2) is 65.7 Å². The number of nitrogens with zero attached hydrogens (tertiary/aromatic N) is 1. The zero-order valence-corrected chi connectivity index (χ0v) is 16.5. The van der Waals surface area contributed by atoms with E-state index in [0.717, 1.165) is 23.1 Å². The van der Waals surface area contributed by atoms with Gasteiger partial charge in [-0.1, -0.05) is 0 Å². The lowest BCUT2D eigenvalue weighted by Gasteiger charge is -2.18. The summed E-state index contributed by atoms with van der Waals surface area (Å²) in [6, 6.07) is 12.1. The second-order valence-corrected chi connectivity index (χ2v) is 7.51. The minimum absolute atomic E-state index is 0.0265. The molecule has 0 aliphatic carbocycles. The number of hydrogen-bond acceptors (Lipinski definition) is 3. The van der Waals surface area contributed by atoms with Crippen LogP contribution in [0.25, 0.3) is 10.9 Å². The van der Waals surface area contributed by atoms with Crippen LogP contribution in [0.2, 0.25) is 0 Å². The molecule has 0 fully saturated rings. The number of thiophene rings is 1. The Morgan fingerprint density at radius 3 is 2.89 bits per heavy atom. The topological polar surface area (TPSA) is 59.0 Å². The number of aromatic amines is 1. The maximum absolute atomic E-state index is 12.6. The Morgan fingerprint density at radius 2 is 2.14 bits per heavy atom. The zero-order valence-electron chi connectivity index (χ0n) is 15.7. The number of methoxy groups -OCH3 is 1. The van der Waals surface area contributed by atoms with Crippen molar-refractivity contribution in [1.82, 2.24) is 14.9 Å². The Hall–Kier alpha value is -2.99. The zero-order chi connectivity index (χ0) is 19.3. The third-order valence-electron chi connectivity index (χ3n) is 4.99. The predicted octanol–water partition coefficient (Wildman–Crippen LogP) is 4.38. The van der Waals surface area contributed by atoms with Crippen molar-refractivity contribution in [2.24, 2.45) is 0 Å². The minimum atomic E-state index is 0.0265. The summed E-state index contributed by atoms with van der Waals surface area (Å²) in [6.07, 6.45) is 7.22. The molecular weight excluding hydrogens is 370 g/mol. The molecule has 4 aromatic rings. The maximum Gasteiger partial charge on any atom is 0.222 e. The molecule has 6 heteroatoms. The molecule has 0 aliphatic rings. The Kier molecular flexibility index (Phi) is 5.48. The molecule has 3 aromatic heterocycles. The van der Waals surface area contributed by atoms with Crippen molar-refractivity contribution in [3.8, 4) is 5.75 Å². The van der Waals surface area contributed by atoms with Crippen LogP contribution in [0.3, 0.4) is 0 Å². The SMILES string of the molecule is COc1ccc2[nH]cc(CCNC(=O)C[C@H](c3ccsc3)n3cccc3)c2c1. The smallest absolute Gasteiger partial charge is 0.222 e. The van der Waals surface area contributed by atoms with E-state index in [4.69, 9.17) is 4.74 Å². The van der Waals surface area contributed by atoms with E-state index in [1.807, 2.05) is 48.9 Å². The number of rotatable bonds is 8. The van der Waals surface area contributed by atoms with Gasteiger partial charge < -0.3 is 19.6 Å². The highest BCUT2D eigenvalue weighted by Crippen LogP contribution is 2.25. The second-order valence-electron chi connectivity index (χ2n) is 6.73. The number of amides is 1. The molecule has 1 aromatic carbocycles. The van der Waals surface area contributed by atoms with Crippen LogP contribution < -0.4 is 10.1 Å². The fourth-order valence-corrected chi connectivity index (χ4v) is 4.20. The Bertz CT molecular complexity index is 1000. The van der Waals surface area contributed by atoms with Crippen LogP contribution in [-0.2, 0) is 11.2 Å². The number of ether oxygens (including phenoxy) is 1. The van der Waals surface area contributed by atoms with Crippen LogP contribution in [-0.4, -0.2) is 29.1 Å². The first-order chi connectivity index (χ1) is 13.7. The van der Waals surface area contributed by atoms with E-state index in [9.17, 15) is 4.79 Å². The van der Waals surface area contributed by atoms with Crippen molar-refractivity contribution >= 4 is 28.1 Å². The van der Waals surface area contributed by atoms with E-state index >= 15 is 0 Å². The third kappa shape index (κ3) is 3.97. The standard InChI is InChI=1S/C22H23N3O2S/c1-27-18-4-5-20-19(12-18)16(14-24-20)6-8-23-22(26)13-21(17-7-11-28-15-17)25-9-2-3-10-25/h2-5,7,9-12,14-15,21,24H,6,8,13H2,1H3,(H,23,26)/t21-/m1/s1. The van der Waals surface area contributed by atoms with E-state index in [1.165, 1.54) is 11.1 Å². The van der Waals surface area contributed by atoms with Gasteiger partial charge in [-0.05, 0) is 64.7 Å². The van der Waals surface area contributed by atoms with E-state index in [2.05, 4.69) is 31.7 Å². The summed E-state index contributed by atoms with van der Waals surface area (Å²) in [5.41, 5.74) is 3.42. The molecule has 0 saturated carbocycles. The molecule has 144 valence electrons. The van der Waals surface area contributed by atoms with Crippen molar-refractivity contribution in [3.63, 3.8) is 0 Å². The molecule has 2 N–H and O–H groups in total. The van der Waals surface area contributed by atoms with Crippen LogP contribution in [0.4, 0.5) is 0 Å². The molecule has 3 heterocycles. The van der Waals surface area contributed by atoms with Gasteiger partial charge in [0.05, 0.1) is 19.6 Å².